The van der Waals surface area contributed by atoms with Gasteiger partial charge in [-0.15, -0.1) is 0 Å². The van der Waals surface area contributed by atoms with Gasteiger partial charge in [0, 0.05) is 43.8 Å². The van der Waals surface area contributed by atoms with Crippen LogP contribution in [0.1, 0.15) is 74.7 Å². The van der Waals surface area contributed by atoms with Gasteiger partial charge in [0.05, 0.1) is 16.1 Å². The third-order valence-corrected chi connectivity index (χ3v) is 9.29. The third-order valence-electron chi connectivity index (χ3n) is 8.55. The van der Waals surface area contributed by atoms with Crippen LogP contribution in [0.2, 0.25) is 10.0 Å². The molecule has 2 amide bonds. The van der Waals surface area contributed by atoms with Crippen LogP contribution >= 0.6 is 23.2 Å². The lowest BCUT2D eigenvalue weighted by Crippen LogP contribution is -2.59. The van der Waals surface area contributed by atoms with E-state index in [0.717, 1.165) is 45.3 Å². The molecule has 2 aliphatic rings. The number of rotatable bonds is 10. The molecule has 0 aliphatic carbocycles. The number of hydrogen-bond acceptors (Lipinski definition) is 4. The summed E-state index contributed by atoms with van der Waals surface area (Å²) in [6.45, 7) is 10.8. The number of piperidine rings is 1. The highest BCUT2D eigenvalue weighted by Crippen LogP contribution is 2.33. The van der Waals surface area contributed by atoms with E-state index in [4.69, 9.17) is 23.2 Å². The molecule has 218 valence electrons. The van der Waals surface area contributed by atoms with Crippen LogP contribution in [-0.2, 0) is 4.79 Å². The van der Waals surface area contributed by atoms with Crippen LogP contribution in [0.5, 0.6) is 0 Å². The van der Waals surface area contributed by atoms with Gasteiger partial charge in [-0.2, -0.15) is 0 Å². The van der Waals surface area contributed by atoms with E-state index in [-0.39, 0.29) is 23.8 Å². The lowest BCUT2D eigenvalue weighted by atomic mass is 9.79. The average molecular weight is 588 g/mol. The lowest BCUT2D eigenvalue weighted by Gasteiger charge is -2.40. The van der Waals surface area contributed by atoms with Crippen molar-refractivity contribution < 1.29 is 9.59 Å². The van der Waals surface area contributed by atoms with Crippen molar-refractivity contribution in [1.29, 1.82) is 0 Å². The Balaban J connectivity index is 1.55. The molecule has 2 aromatic carbocycles. The van der Waals surface area contributed by atoms with Gasteiger partial charge in [0.15, 0.2) is 0 Å². The molecule has 4 rings (SSSR count). The first kappa shape index (κ1) is 30.8. The Morgan fingerprint density at radius 3 is 2.50 bits per heavy atom. The Hall–Kier alpha value is -2.12. The number of nitrogens with one attached hydrogen (secondary N) is 3. The molecule has 3 N–H and O–H groups in total. The summed E-state index contributed by atoms with van der Waals surface area (Å²) in [5.74, 6) is 1.47. The number of carbonyl (C=O) groups is 2. The van der Waals surface area contributed by atoms with Gasteiger partial charge >= 0.3 is 0 Å². The molecule has 0 bridgehead atoms. The zero-order valence-corrected chi connectivity index (χ0v) is 25.5. The van der Waals surface area contributed by atoms with Gasteiger partial charge in [-0.1, -0.05) is 74.3 Å². The molecule has 2 aromatic rings. The second-order valence-corrected chi connectivity index (χ2v) is 12.9. The zero-order chi connectivity index (χ0) is 28.7. The van der Waals surface area contributed by atoms with E-state index < -0.39 is 5.54 Å². The highest BCUT2D eigenvalue weighted by Gasteiger charge is 2.39. The maximum Gasteiger partial charge on any atom is 0.251 e. The second-order valence-electron chi connectivity index (χ2n) is 12.0. The van der Waals surface area contributed by atoms with E-state index in [2.05, 4.69) is 65.9 Å². The van der Waals surface area contributed by atoms with Crippen LogP contribution in [0.3, 0.4) is 0 Å². The van der Waals surface area contributed by atoms with Crippen molar-refractivity contribution in [2.24, 2.45) is 11.8 Å². The molecule has 2 unspecified atom stereocenters. The number of likely N-dealkylation sites (tertiary alicyclic amines) is 1. The number of amides is 2. The molecule has 2 saturated heterocycles. The maximum absolute atomic E-state index is 13.3. The zero-order valence-electron chi connectivity index (χ0n) is 24.0. The summed E-state index contributed by atoms with van der Waals surface area (Å²) in [7, 11) is 0. The molecule has 40 heavy (non-hydrogen) atoms. The number of carbonyl (C=O) groups excluding carboxylic acids is 2. The van der Waals surface area contributed by atoms with Gasteiger partial charge in [0.1, 0.15) is 0 Å². The minimum Gasteiger partial charge on any atom is -0.355 e. The van der Waals surface area contributed by atoms with E-state index in [0.29, 0.717) is 40.5 Å². The number of hydrogen-bond donors (Lipinski definition) is 3. The minimum absolute atomic E-state index is 0.0450. The van der Waals surface area contributed by atoms with Gasteiger partial charge < -0.3 is 15.5 Å². The Kier molecular flexibility index (Phi) is 10.9. The normalized spacial score (nSPS) is 26.5. The molecule has 2 fully saturated rings. The summed E-state index contributed by atoms with van der Waals surface area (Å²) in [4.78, 5) is 29.0. The molecule has 0 aromatic heterocycles. The Labute approximate surface area is 249 Å². The van der Waals surface area contributed by atoms with Crippen LogP contribution < -0.4 is 16.0 Å². The fraction of sp³-hybridized carbons (Fsp3) is 0.562. The van der Waals surface area contributed by atoms with E-state index >= 15 is 0 Å². The monoisotopic (exact) mass is 586 g/mol. The van der Waals surface area contributed by atoms with E-state index in [1.54, 1.807) is 18.2 Å². The molecule has 8 heteroatoms. The van der Waals surface area contributed by atoms with Crippen LogP contribution in [0.4, 0.5) is 0 Å². The first-order valence-corrected chi connectivity index (χ1v) is 15.5. The van der Waals surface area contributed by atoms with E-state index in [9.17, 15) is 9.59 Å². The fourth-order valence-corrected chi connectivity index (χ4v) is 6.90. The number of benzene rings is 2. The van der Waals surface area contributed by atoms with Crippen LogP contribution in [-0.4, -0.2) is 61.0 Å². The minimum atomic E-state index is -0.464. The van der Waals surface area contributed by atoms with Gasteiger partial charge in [-0.3, -0.25) is 14.9 Å². The predicted octanol–water partition coefficient (Wildman–Crippen LogP) is 5.89. The summed E-state index contributed by atoms with van der Waals surface area (Å²) in [5, 5.41) is 10.9. The summed E-state index contributed by atoms with van der Waals surface area (Å²) in [6.07, 6.45) is 4.48. The summed E-state index contributed by atoms with van der Waals surface area (Å²) < 4.78 is 0. The topological polar surface area (TPSA) is 73.5 Å². The van der Waals surface area contributed by atoms with Crippen molar-refractivity contribution in [3.8, 4) is 0 Å². The molecule has 0 spiro atoms. The summed E-state index contributed by atoms with van der Waals surface area (Å²) in [5.41, 5.74) is 1.28. The quantitative estimate of drug-likeness (QED) is 0.324. The largest absolute Gasteiger partial charge is 0.355 e. The molecule has 2 heterocycles. The molecular formula is C32H44Cl2N4O2. The van der Waals surface area contributed by atoms with E-state index in [1.807, 2.05) is 6.07 Å². The van der Waals surface area contributed by atoms with Crippen LogP contribution in [0.25, 0.3) is 0 Å². The average Bonchev–Trinajstić information content (AvgIpc) is 3.09. The fourth-order valence-electron chi connectivity index (χ4n) is 6.60. The predicted molar refractivity (Wildman–Crippen MR) is 164 cm³/mol. The van der Waals surface area contributed by atoms with E-state index in [1.165, 1.54) is 12.0 Å². The number of halogens is 2. The van der Waals surface area contributed by atoms with Crippen molar-refractivity contribution in [2.75, 3.05) is 32.7 Å². The first-order chi connectivity index (χ1) is 19.2. The van der Waals surface area contributed by atoms with Crippen molar-refractivity contribution in [1.82, 2.24) is 20.9 Å². The molecule has 2 aliphatic heterocycles. The molecule has 0 radical (unpaired) electrons. The lowest BCUT2D eigenvalue weighted by molar-refractivity contribution is -0.123. The first-order valence-electron chi connectivity index (χ1n) is 14.7. The molecule has 0 saturated carbocycles. The summed E-state index contributed by atoms with van der Waals surface area (Å²) >= 11 is 12.3. The molecular weight excluding hydrogens is 543 g/mol. The van der Waals surface area contributed by atoms with Crippen molar-refractivity contribution in [2.45, 2.75) is 70.4 Å². The Morgan fingerprint density at radius 2 is 1.82 bits per heavy atom. The molecule has 5 atom stereocenters. The van der Waals surface area contributed by atoms with Crippen molar-refractivity contribution in [3.63, 3.8) is 0 Å². The van der Waals surface area contributed by atoms with Crippen molar-refractivity contribution >= 4 is 35.0 Å². The number of nitrogens with zero attached hydrogens (tertiary/aromatic N) is 1. The van der Waals surface area contributed by atoms with Gasteiger partial charge in [0.25, 0.3) is 5.91 Å². The SMILES string of the molecule is CC[C@@H](C[C@@]1(CNC(=O)c2ccc(Cl)c(Cl)c2)CCNC(=O)[C@H](CCN2CC(C)CC(C)C2)N1)c1ccccc1. The van der Waals surface area contributed by atoms with Gasteiger partial charge in [-0.05, 0) is 73.6 Å². The standard InChI is InChI=1S/C32H44Cl2N4O2/c1-4-24(25-8-6-5-7-9-25)18-32(21-36-30(39)26-10-11-27(33)28(34)17-26)13-14-35-31(40)29(37-32)12-15-38-19-22(2)16-23(3)20-38/h5-11,17,22-24,29,37H,4,12-16,18-21H2,1-3H3,(H,35,40)(H,36,39)/t22?,23?,24-,29-,32+/m0/s1. The summed E-state index contributed by atoms with van der Waals surface area (Å²) in [6, 6.07) is 15.1. The van der Waals surface area contributed by atoms with Gasteiger partial charge in [-0.25, -0.2) is 0 Å². The second kappa shape index (κ2) is 14.2. The maximum atomic E-state index is 13.3. The van der Waals surface area contributed by atoms with Crippen LogP contribution in [0.15, 0.2) is 48.5 Å². The van der Waals surface area contributed by atoms with Crippen LogP contribution in [0, 0.1) is 11.8 Å². The van der Waals surface area contributed by atoms with Gasteiger partial charge in [0.2, 0.25) is 5.91 Å². The Morgan fingerprint density at radius 1 is 1.10 bits per heavy atom. The third kappa shape index (κ3) is 8.22. The van der Waals surface area contributed by atoms with Crippen molar-refractivity contribution in [3.05, 3.63) is 69.7 Å². The highest BCUT2D eigenvalue weighted by molar-refractivity contribution is 6.42. The highest BCUT2D eigenvalue weighted by atomic mass is 35.5. The smallest absolute Gasteiger partial charge is 0.251 e. The molecule has 6 nitrogen and oxygen atoms in total. The Bertz CT molecular complexity index is 1140.